The van der Waals surface area contributed by atoms with Crippen molar-refractivity contribution in [1.82, 2.24) is 10.3 Å². The van der Waals surface area contributed by atoms with Crippen molar-refractivity contribution in [3.05, 3.63) is 22.8 Å². The molecule has 1 heterocycles. The largest absolute Gasteiger partial charge is 0.243 e. The summed E-state index contributed by atoms with van der Waals surface area (Å²) >= 11 is 0. The number of fused-ring (bicyclic) bond motifs is 1. The van der Waals surface area contributed by atoms with Gasteiger partial charge in [-0.3, -0.25) is 0 Å². The predicted molar refractivity (Wildman–Crippen MR) is 52.5 cm³/mol. The van der Waals surface area contributed by atoms with E-state index in [4.69, 9.17) is 0 Å². The van der Waals surface area contributed by atoms with E-state index in [1.54, 1.807) is 0 Å². The predicted octanol–water partition coefficient (Wildman–Crippen LogP) is 3.14. The molecule has 0 fully saturated rings. The number of halogens is 2. The molecule has 2 aromatic rings. The third kappa shape index (κ3) is 1.69. The van der Waals surface area contributed by atoms with E-state index in [1.807, 2.05) is 13.8 Å². The Morgan fingerprint density at radius 3 is 1.53 bits per heavy atom. The van der Waals surface area contributed by atoms with Crippen LogP contribution in [0.1, 0.15) is 25.0 Å². The zero-order valence-corrected chi connectivity index (χ0v) is 9.06. The van der Waals surface area contributed by atoms with Crippen molar-refractivity contribution in [3.63, 3.8) is 0 Å². The van der Waals surface area contributed by atoms with Gasteiger partial charge in [-0.05, 0) is 24.2 Å². The van der Waals surface area contributed by atoms with Gasteiger partial charge in [0.1, 0.15) is 11.0 Å². The molecule has 5 heteroatoms. The lowest BCUT2D eigenvalue weighted by Crippen LogP contribution is -1.95. The molecule has 0 aliphatic carbocycles. The molecular weight excluding hydrogens is 202 g/mol. The highest BCUT2D eigenvalue weighted by Gasteiger charge is 2.18. The highest BCUT2D eigenvalue weighted by molar-refractivity contribution is 5.80. The lowest BCUT2D eigenvalue weighted by atomic mass is 10.1. The maximum Gasteiger partial charge on any atom is 0.164 e. The zero-order valence-electron chi connectivity index (χ0n) is 9.06. The van der Waals surface area contributed by atoms with E-state index < -0.39 is 11.6 Å². The minimum absolute atomic E-state index is 0.124. The average molecular weight is 214 g/mol. The molecule has 0 saturated carbocycles. The molecule has 0 aliphatic heterocycles. The Morgan fingerprint density at radius 2 is 1.20 bits per heavy atom. The average Bonchev–Trinajstić information content (AvgIpc) is 2.75. The molecule has 0 saturated heterocycles. The highest BCUT2D eigenvalue weighted by Crippen LogP contribution is 2.24. The van der Waals surface area contributed by atoms with Crippen molar-refractivity contribution in [2.24, 2.45) is 0 Å². The van der Waals surface area contributed by atoms with Crippen molar-refractivity contribution >= 4 is 11.0 Å². The number of benzene rings is 1. The molecule has 1 aromatic carbocycles. The summed E-state index contributed by atoms with van der Waals surface area (Å²) in [5, 5.41) is 6.98. The Morgan fingerprint density at radius 1 is 0.867 bits per heavy atom. The first-order valence-corrected chi connectivity index (χ1v) is 4.69. The molecule has 15 heavy (non-hydrogen) atoms. The van der Waals surface area contributed by atoms with Crippen molar-refractivity contribution in [3.8, 4) is 0 Å². The zero-order chi connectivity index (χ0) is 11.6. The molecule has 82 valence electrons. The molecular formula is C10H12F2N2O. The Hall–Kier alpha value is -1.52. The van der Waals surface area contributed by atoms with E-state index in [2.05, 4.69) is 14.9 Å². The number of aryl methyl sites for hydroxylation is 2. The maximum absolute atomic E-state index is 13.1. The summed E-state index contributed by atoms with van der Waals surface area (Å²) in [6, 6.07) is 0. The number of hydrogen-bond donors (Lipinski definition) is 0. The quantitative estimate of drug-likeness (QED) is 0.676. The third-order valence-corrected chi connectivity index (χ3v) is 2.05. The van der Waals surface area contributed by atoms with Crippen LogP contribution in [0.3, 0.4) is 0 Å². The van der Waals surface area contributed by atoms with Crippen LogP contribution in [0.5, 0.6) is 0 Å². The minimum atomic E-state index is -0.888. The van der Waals surface area contributed by atoms with Gasteiger partial charge in [0.05, 0.1) is 0 Å². The first kappa shape index (κ1) is 11.6. The molecule has 0 bridgehead atoms. The van der Waals surface area contributed by atoms with Crippen LogP contribution < -0.4 is 0 Å². The second-order valence-electron chi connectivity index (χ2n) is 2.84. The fraction of sp³-hybridized carbons (Fsp3) is 0.400. The summed E-state index contributed by atoms with van der Waals surface area (Å²) in [5.41, 5.74) is 0.798. The van der Waals surface area contributed by atoms with Crippen LogP contribution in [0.15, 0.2) is 4.63 Å². The first-order valence-electron chi connectivity index (χ1n) is 4.69. The van der Waals surface area contributed by atoms with Gasteiger partial charge in [-0.25, -0.2) is 13.4 Å². The summed E-state index contributed by atoms with van der Waals surface area (Å²) in [6.45, 7) is 6.87. The fourth-order valence-corrected chi connectivity index (χ4v) is 1.22. The standard InChI is InChI=1S/C8H6F2N2O.C2H6/c1-3-5(9)6(10)4(2)8-7(3)11-13-12-8;1-2/h1-2H3;1-2H3. The van der Waals surface area contributed by atoms with Gasteiger partial charge in [0, 0.05) is 11.1 Å². The molecule has 2 rings (SSSR count). The maximum atomic E-state index is 13.1. The van der Waals surface area contributed by atoms with Crippen LogP contribution in [-0.4, -0.2) is 10.3 Å². The van der Waals surface area contributed by atoms with Crippen molar-refractivity contribution in [2.45, 2.75) is 27.7 Å². The van der Waals surface area contributed by atoms with E-state index in [-0.39, 0.29) is 22.2 Å². The Kier molecular flexibility index (Phi) is 3.34. The van der Waals surface area contributed by atoms with Gasteiger partial charge in [-0.2, -0.15) is 0 Å². The van der Waals surface area contributed by atoms with Gasteiger partial charge in [-0.1, -0.05) is 13.8 Å². The van der Waals surface area contributed by atoms with Gasteiger partial charge in [0.25, 0.3) is 0 Å². The first-order chi connectivity index (χ1) is 7.13. The molecule has 0 N–H and O–H groups in total. The van der Waals surface area contributed by atoms with Crippen LogP contribution in [0, 0.1) is 25.5 Å². The topological polar surface area (TPSA) is 38.9 Å². The fourth-order valence-electron chi connectivity index (χ4n) is 1.22. The molecule has 0 unspecified atom stereocenters. The summed E-state index contributed by atoms with van der Waals surface area (Å²) in [7, 11) is 0. The molecule has 0 amide bonds. The number of nitrogens with zero attached hydrogens (tertiary/aromatic N) is 2. The molecule has 0 aliphatic rings. The lowest BCUT2D eigenvalue weighted by molar-refractivity contribution is 0.315. The van der Waals surface area contributed by atoms with E-state index in [1.165, 1.54) is 13.8 Å². The third-order valence-electron chi connectivity index (χ3n) is 2.05. The highest BCUT2D eigenvalue weighted by atomic mass is 19.2. The second-order valence-corrected chi connectivity index (χ2v) is 2.84. The van der Waals surface area contributed by atoms with Crippen molar-refractivity contribution < 1.29 is 13.4 Å². The Bertz CT molecular complexity index is 438. The number of hydrogen-bond acceptors (Lipinski definition) is 3. The molecule has 0 atom stereocenters. The summed E-state index contributed by atoms with van der Waals surface area (Å²) in [5.74, 6) is -1.78. The van der Waals surface area contributed by atoms with Gasteiger partial charge in [0.15, 0.2) is 11.6 Å². The summed E-state index contributed by atoms with van der Waals surface area (Å²) in [6.07, 6.45) is 0. The lowest BCUT2D eigenvalue weighted by Gasteiger charge is -2.00. The molecule has 0 spiro atoms. The summed E-state index contributed by atoms with van der Waals surface area (Å²) in [4.78, 5) is 0. The van der Waals surface area contributed by atoms with Crippen LogP contribution in [0.25, 0.3) is 11.0 Å². The van der Waals surface area contributed by atoms with Crippen LogP contribution in [0.4, 0.5) is 8.78 Å². The van der Waals surface area contributed by atoms with Crippen LogP contribution in [-0.2, 0) is 0 Å². The molecule has 3 nitrogen and oxygen atoms in total. The van der Waals surface area contributed by atoms with Gasteiger partial charge in [0.2, 0.25) is 0 Å². The van der Waals surface area contributed by atoms with Crippen LogP contribution >= 0.6 is 0 Å². The van der Waals surface area contributed by atoms with Gasteiger partial charge in [-0.15, -0.1) is 0 Å². The normalized spacial score (nSPS) is 10.0. The SMILES string of the molecule is CC.Cc1c(F)c(F)c(C)c2nonc12. The monoisotopic (exact) mass is 214 g/mol. The van der Waals surface area contributed by atoms with E-state index in [0.29, 0.717) is 0 Å². The minimum Gasteiger partial charge on any atom is -0.243 e. The smallest absolute Gasteiger partial charge is 0.164 e. The molecule has 0 radical (unpaired) electrons. The number of rotatable bonds is 0. The van der Waals surface area contributed by atoms with E-state index in [9.17, 15) is 8.78 Å². The number of aromatic nitrogens is 2. The molecule has 1 aromatic heterocycles. The van der Waals surface area contributed by atoms with Crippen molar-refractivity contribution in [1.29, 1.82) is 0 Å². The van der Waals surface area contributed by atoms with Crippen LogP contribution in [0.2, 0.25) is 0 Å². The van der Waals surface area contributed by atoms with E-state index >= 15 is 0 Å². The summed E-state index contributed by atoms with van der Waals surface area (Å²) < 4.78 is 30.6. The second kappa shape index (κ2) is 4.33. The van der Waals surface area contributed by atoms with Gasteiger partial charge < -0.3 is 0 Å². The van der Waals surface area contributed by atoms with Crippen molar-refractivity contribution in [2.75, 3.05) is 0 Å². The van der Waals surface area contributed by atoms with E-state index in [0.717, 1.165) is 0 Å². The van der Waals surface area contributed by atoms with Gasteiger partial charge >= 0.3 is 0 Å². The Labute approximate surface area is 86.0 Å². The Balaban J connectivity index is 0.000000531.